The number of carboxylic acid groups (broad SMARTS) is 1. The molecule has 1 aliphatic rings. The standard InChI is InChI=1S/C19H15BrClN3O.C2H4O2/c1-10-11(2)24-16-8-7-12(20)9-14(16)17(23-19(25)18(24)22-10)13-5-3-4-6-15(13)21;1-2(3)4/h3-9,19,25H,1-2H3;1H3,(H,3,4). The van der Waals surface area contributed by atoms with E-state index in [9.17, 15) is 5.11 Å². The Hall–Kier alpha value is -2.48. The van der Waals surface area contributed by atoms with E-state index in [1.807, 2.05) is 60.9 Å². The van der Waals surface area contributed by atoms with Gasteiger partial charge in [0.1, 0.15) is 0 Å². The lowest BCUT2D eigenvalue weighted by atomic mass is 10.0. The van der Waals surface area contributed by atoms with Crippen LogP contribution in [0, 0.1) is 13.8 Å². The number of aryl methyl sites for hydroxylation is 1. The minimum absolute atomic E-state index is 0.514. The van der Waals surface area contributed by atoms with Crippen molar-refractivity contribution in [2.24, 2.45) is 4.99 Å². The lowest BCUT2D eigenvalue weighted by molar-refractivity contribution is -0.134. The van der Waals surface area contributed by atoms with Crippen LogP contribution in [-0.4, -0.2) is 31.4 Å². The molecule has 0 spiro atoms. The predicted molar refractivity (Wildman–Crippen MR) is 116 cm³/mol. The number of hydrogen-bond acceptors (Lipinski definition) is 4. The number of aliphatic hydroxyl groups excluding tert-OH is 1. The van der Waals surface area contributed by atoms with Crippen molar-refractivity contribution in [1.29, 1.82) is 0 Å². The summed E-state index contributed by atoms with van der Waals surface area (Å²) in [7, 11) is 0. The smallest absolute Gasteiger partial charge is 0.300 e. The van der Waals surface area contributed by atoms with Crippen molar-refractivity contribution in [2.45, 2.75) is 27.0 Å². The number of fused-ring (bicyclic) bond motifs is 3. The topological polar surface area (TPSA) is 87.7 Å². The Bertz CT molecular complexity index is 1120. The fourth-order valence-electron chi connectivity index (χ4n) is 3.12. The van der Waals surface area contributed by atoms with Crippen molar-refractivity contribution in [3.63, 3.8) is 0 Å². The number of aliphatic imine (C=N–C) groups is 1. The number of aliphatic hydroxyl groups is 1. The summed E-state index contributed by atoms with van der Waals surface area (Å²) in [6.45, 7) is 5.01. The fourth-order valence-corrected chi connectivity index (χ4v) is 3.71. The lowest BCUT2D eigenvalue weighted by Crippen LogP contribution is -2.08. The molecule has 8 heteroatoms. The van der Waals surface area contributed by atoms with Gasteiger partial charge in [0, 0.05) is 33.2 Å². The Labute approximate surface area is 181 Å². The molecule has 0 saturated carbocycles. The highest BCUT2D eigenvalue weighted by atomic mass is 79.9. The van der Waals surface area contributed by atoms with Gasteiger partial charge in [-0.05, 0) is 38.1 Å². The molecule has 2 N–H and O–H groups in total. The van der Waals surface area contributed by atoms with Crippen molar-refractivity contribution in [1.82, 2.24) is 9.55 Å². The van der Waals surface area contributed by atoms with Gasteiger partial charge in [-0.2, -0.15) is 0 Å². The first kappa shape index (κ1) is 21.2. The Morgan fingerprint density at radius 2 is 1.83 bits per heavy atom. The Morgan fingerprint density at radius 3 is 2.48 bits per heavy atom. The number of hydrogen-bond donors (Lipinski definition) is 2. The average molecular weight is 477 g/mol. The maximum atomic E-state index is 10.7. The molecule has 2 heterocycles. The van der Waals surface area contributed by atoms with Gasteiger partial charge in [0.25, 0.3) is 5.97 Å². The molecule has 3 aromatic rings. The van der Waals surface area contributed by atoms with Crippen molar-refractivity contribution in [2.75, 3.05) is 0 Å². The second-order valence-electron chi connectivity index (χ2n) is 6.49. The van der Waals surface area contributed by atoms with Crippen LogP contribution in [0.4, 0.5) is 0 Å². The minimum Gasteiger partial charge on any atom is -0.481 e. The molecule has 29 heavy (non-hydrogen) atoms. The Balaban J connectivity index is 0.000000552. The van der Waals surface area contributed by atoms with E-state index in [0.717, 1.165) is 39.6 Å². The molecule has 0 radical (unpaired) electrons. The molecule has 1 unspecified atom stereocenters. The quantitative estimate of drug-likeness (QED) is 0.526. The van der Waals surface area contributed by atoms with Gasteiger partial charge in [0.15, 0.2) is 5.82 Å². The van der Waals surface area contributed by atoms with Crippen LogP contribution in [-0.2, 0) is 4.79 Å². The Kier molecular flexibility index (Phi) is 6.21. The number of rotatable bonds is 1. The van der Waals surface area contributed by atoms with Crippen LogP contribution in [0.1, 0.15) is 41.5 Å². The largest absolute Gasteiger partial charge is 0.481 e. The summed E-state index contributed by atoms with van der Waals surface area (Å²) in [4.78, 5) is 18.1. The van der Waals surface area contributed by atoms with Crippen LogP contribution < -0.4 is 0 Å². The molecule has 1 aromatic heterocycles. The third-order valence-electron chi connectivity index (χ3n) is 4.44. The first-order chi connectivity index (χ1) is 13.7. The molecule has 4 rings (SSSR count). The molecular formula is C21H19BrClN3O3. The predicted octanol–water partition coefficient (Wildman–Crippen LogP) is 4.84. The number of carboxylic acids is 1. The van der Waals surface area contributed by atoms with Gasteiger partial charge in [0.2, 0.25) is 6.23 Å². The van der Waals surface area contributed by atoms with Gasteiger partial charge < -0.3 is 10.2 Å². The molecular weight excluding hydrogens is 458 g/mol. The second kappa shape index (κ2) is 8.49. The molecule has 6 nitrogen and oxygen atoms in total. The highest BCUT2D eigenvalue weighted by Gasteiger charge is 2.27. The van der Waals surface area contributed by atoms with Gasteiger partial charge in [0.05, 0.1) is 17.1 Å². The van der Waals surface area contributed by atoms with E-state index in [-0.39, 0.29) is 0 Å². The molecule has 1 aliphatic heterocycles. The first-order valence-corrected chi connectivity index (χ1v) is 9.94. The third kappa shape index (κ3) is 4.27. The van der Waals surface area contributed by atoms with Gasteiger partial charge in [-0.15, -0.1) is 0 Å². The zero-order valence-corrected chi connectivity index (χ0v) is 18.4. The van der Waals surface area contributed by atoms with Gasteiger partial charge in [-0.1, -0.05) is 45.7 Å². The number of halogens is 2. The van der Waals surface area contributed by atoms with Gasteiger partial charge >= 0.3 is 0 Å². The van der Waals surface area contributed by atoms with E-state index in [1.54, 1.807) is 0 Å². The van der Waals surface area contributed by atoms with Crippen LogP contribution in [0.15, 0.2) is 51.9 Å². The molecule has 0 aliphatic carbocycles. The van der Waals surface area contributed by atoms with Crippen molar-refractivity contribution >= 4 is 39.2 Å². The fraction of sp³-hybridized carbons (Fsp3) is 0.190. The molecule has 0 bridgehead atoms. The summed E-state index contributed by atoms with van der Waals surface area (Å²) >= 11 is 9.95. The van der Waals surface area contributed by atoms with E-state index in [0.29, 0.717) is 16.6 Å². The zero-order chi connectivity index (χ0) is 21.3. The maximum absolute atomic E-state index is 10.7. The highest BCUT2D eigenvalue weighted by molar-refractivity contribution is 9.10. The monoisotopic (exact) mass is 475 g/mol. The summed E-state index contributed by atoms with van der Waals surface area (Å²) in [5.41, 5.74) is 5.10. The third-order valence-corrected chi connectivity index (χ3v) is 5.26. The first-order valence-electron chi connectivity index (χ1n) is 8.77. The number of imidazole rings is 1. The molecule has 150 valence electrons. The summed E-state index contributed by atoms with van der Waals surface area (Å²) in [5, 5.41) is 18.7. The van der Waals surface area contributed by atoms with E-state index in [2.05, 4.69) is 25.9 Å². The van der Waals surface area contributed by atoms with E-state index in [4.69, 9.17) is 21.5 Å². The number of aliphatic carboxylic acids is 1. The lowest BCUT2D eigenvalue weighted by Gasteiger charge is -2.14. The summed E-state index contributed by atoms with van der Waals surface area (Å²) in [6.07, 6.45) is -1.06. The van der Waals surface area contributed by atoms with Crippen LogP contribution in [0.25, 0.3) is 5.69 Å². The summed E-state index contributed by atoms with van der Waals surface area (Å²) in [6, 6.07) is 13.5. The van der Waals surface area contributed by atoms with E-state index in [1.165, 1.54) is 0 Å². The zero-order valence-electron chi connectivity index (χ0n) is 16.0. The number of nitrogens with zero attached hydrogens (tertiary/aromatic N) is 3. The van der Waals surface area contributed by atoms with Crippen molar-refractivity contribution in [3.8, 4) is 5.69 Å². The van der Waals surface area contributed by atoms with E-state index >= 15 is 0 Å². The van der Waals surface area contributed by atoms with Crippen LogP contribution in [0.5, 0.6) is 0 Å². The maximum Gasteiger partial charge on any atom is 0.300 e. The van der Waals surface area contributed by atoms with Crippen LogP contribution in [0.3, 0.4) is 0 Å². The van der Waals surface area contributed by atoms with Crippen molar-refractivity contribution < 1.29 is 15.0 Å². The average Bonchev–Trinajstić information content (AvgIpc) is 2.88. The molecule has 1 atom stereocenters. The molecule has 0 fully saturated rings. The summed E-state index contributed by atoms with van der Waals surface area (Å²) < 4.78 is 2.90. The second-order valence-corrected chi connectivity index (χ2v) is 7.81. The highest BCUT2D eigenvalue weighted by Crippen LogP contribution is 2.34. The number of aromatic nitrogens is 2. The van der Waals surface area contributed by atoms with Gasteiger partial charge in [-0.25, -0.2) is 9.98 Å². The van der Waals surface area contributed by atoms with Crippen LogP contribution >= 0.6 is 27.5 Å². The Morgan fingerprint density at radius 1 is 1.17 bits per heavy atom. The summed E-state index contributed by atoms with van der Waals surface area (Å²) in [5.74, 6) is -0.319. The number of benzene rings is 2. The normalized spacial score (nSPS) is 14.7. The number of carbonyl (C=O) groups is 1. The SMILES string of the molecule is CC(=O)O.Cc1nc2n(c1C)-c1ccc(Br)cc1C(c1ccccc1Cl)=NC2O. The van der Waals surface area contributed by atoms with Gasteiger partial charge in [-0.3, -0.25) is 9.36 Å². The molecule has 2 aromatic carbocycles. The van der Waals surface area contributed by atoms with E-state index < -0.39 is 12.2 Å². The minimum atomic E-state index is -1.06. The van der Waals surface area contributed by atoms with Crippen molar-refractivity contribution in [3.05, 3.63) is 80.3 Å². The van der Waals surface area contributed by atoms with Crippen LogP contribution in [0.2, 0.25) is 5.02 Å². The molecule has 0 saturated heterocycles. The molecule has 0 amide bonds.